The average Bonchev–Trinajstić information content (AvgIpc) is 2.19. The lowest BCUT2D eigenvalue weighted by Crippen LogP contribution is -2.16. The van der Waals surface area contributed by atoms with Crippen molar-refractivity contribution in [1.82, 2.24) is 0 Å². The Morgan fingerprint density at radius 2 is 2.00 bits per heavy atom. The first-order chi connectivity index (χ1) is 6.24. The van der Waals surface area contributed by atoms with Crippen molar-refractivity contribution in [2.75, 3.05) is 0 Å². The van der Waals surface area contributed by atoms with Gasteiger partial charge in [0, 0.05) is 6.04 Å². The molecule has 2 heteroatoms. The molecule has 0 amide bonds. The molecule has 1 aromatic rings. The van der Waals surface area contributed by atoms with Crippen LogP contribution in [0.2, 0.25) is 0 Å². The third kappa shape index (κ3) is 3.01. The fraction of sp³-hybridized carbons (Fsp3) is 0.273. The van der Waals surface area contributed by atoms with Gasteiger partial charge in [0.2, 0.25) is 0 Å². The van der Waals surface area contributed by atoms with Crippen LogP contribution >= 0.6 is 0 Å². The Hall–Kier alpha value is -1.12. The third-order valence-electron chi connectivity index (χ3n) is 2.00. The lowest BCUT2D eigenvalue weighted by Gasteiger charge is -2.13. The van der Waals surface area contributed by atoms with Gasteiger partial charge in [-0.3, -0.25) is 0 Å². The summed E-state index contributed by atoms with van der Waals surface area (Å²) in [5.74, 6) is 0. The van der Waals surface area contributed by atoms with Gasteiger partial charge in [-0.15, -0.1) is 6.58 Å². The smallest absolute Gasteiger partial charge is 0.0736 e. The molecule has 70 valence electrons. The minimum absolute atomic E-state index is 0.116. The van der Waals surface area contributed by atoms with E-state index in [1.54, 1.807) is 0 Å². The second kappa shape index (κ2) is 4.80. The van der Waals surface area contributed by atoms with Crippen molar-refractivity contribution in [3.8, 4) is 0 Å². The maximum absolute atomic E-state index is 9.29. The van der Waals surface area contributed by atoms with E-state index in [1.807, 2.05) is 30.3 Å². The molecule has 0 aliphatic carbocycles. The van der Waals surface area contributed by atoms with E-state index in [1.165, 1.54) is 6.08 Å². The van der Waals surface area contributed by atoms with Gasteiger partial charge < -0.3 is 10.8 Å². The van der Waals surface area contributed by atoms with Gasteiger partial charge in [-0.1, -0.05) is 36.4 Å². The van der Waals surface area contributed by atoms with Gasteiger partial charge in [0.15, 0.2) is 0 Å². The van der Waals surface area contributed by atoms with E-state index in [0.717, 1.165) is 5.56 Å². The fourth-order valence-electron chi connectivity index (χ4n) is 1.19. The van der Waals surface area contributed by atoms with Crippen LogP contribution in [0.3, 0.4) is 0 Å². The molecule has 0 fully saturated rings. The molecule has 1 rings (SSSR count). The fourth-order valence-corrected chi connectivity index (χ4v) is 1.19. The van der Waals surface area contributed by atoms with Gasteiger partial charge in [0.1, 0.15) is 0 Å². The number of hydrogen-bond donors (Lipinski definition) is 2. The zero-order chi connectivity index (χ0) is 9.68. The maximum atomic E-state index is 9.29. The Bertz CT molecular complexity index is 258. The highest BCUT2D eigenvalue weighted by Crippen LogP contribution is 2.15. The lowest BCUT2D eigenvalue weighted by molar-refractivity contribution is 0.203. The zero-order valence-electron chi connectivity index (χ0n) is 7.56. The van der Waals surface area contributed by atoms with Crippen LogP contribution < -0.4 is 5.73 Å². The van der Waals surface area contributed by atoms with Gasteiger partial charge in [-0.05, 0) is 12.0 Å². The van der Waals surface area contributed by atoms with Crippen LogP contribution in [0, 0.1) is 0 Å². The monoisotopic (exact) mass is 177 g/mol. The Morgan fingerprint density at radius 3 is 2.54 bits per heavy atom. The summed E-state index contributed by atoms with van der Waals surface area (Å²) in [7, 11) is 0. The summed E-state index contributed by atoms with van der Waals surface area (Å²) < 4.78 is 0. The van der Waals surface area contributed by atoms with E-state index >= 15 is 0 Å². The molecule has 2 nitrogen and oxygen atoms in total. The summed E-state index contributed by atoms with van der Waals surface area (Å²) in [4.78, 5) is 0. The molecule has 2 unspecified atom stereocenters. The topological polar surface area (TPSA) is 46.2 Å². The highest BCUT2D eigenvalue weighted by molar-refractivity contribution is 5.18. The SMILES string of the molecule is C=CC(O)CC(N)c1ccccc1. The first kappa shape index (κ1) is 9.96. The van der Waals surface area contributed by atoms with Crippen molar-refractivity contribution in [3.63, 3.8) is 0 Å². The summed E-state index contributed by atoms with van der Waals surface area (Å²) >= 11 is 0. The molecular weight excluding hydrogens is 162 g/mol. The van der Waals surface area contributed by atoms with Crippen LogP contribution in [0.25, 0.3) is 0 Å². The Kier molecular flexibility index (Phi) is 3.68. The van der Waals surface area contributed by atoms with Crippen molar-refractivity contribution < 1.29 is 5.11 Å². The number of benzene rings is 1. The minimum Gasteiger partial charge on any atom is -0.389 e. The third-order valence-corrected chi connectivity index (χ3v) is 2.00. The quantitative estimate of drug-likeness (QED) is 0.686. The summed E-state index contributed by atoms with van der Waals surface area (Å²) in [6.45, 7) is 3.50. The maximum Gasteiger partial charge on any atom is 0.0736 e. The Balaban J connectivity index is 2.58. The van der Waals surface area contributed by atoms with Crippen molar-refractivity contribution >= 4 is 0 Å². The lowest BCUT2D eigenvalue weighted by atomic mass is 10.0. The number of hydrogen-bond acceptors (Lipinski definition) is 2. The van der Waals surface area contributed by atoms with E-state index in [4.69, 9.17) is 5.73 Å². The van der Waals surface area contributed by atoms with Crippen LogP contribution in [0.15, 0.2) is 43.0 Å². The second-order valence-electron chi connectivity index (χ2n) is 3.06. The molecular formula is C11H15NO. The standard InChI is InChI=1S/C11H15NO/c1-2-10(13)8-11(12)9-6-4-3-5-7-9/h2-7,10-11,13H,1,8,12H2. The predicted molar refractivity (Wildman–Crippen MR) is 54.2 cm³/mol. The molecule has 0 aliphatic rings. The average molecular weight is 177 g/mol. The molecule has 13 heavy (non-hydrogen) atoms. The van der Waals surface area contributed by atoms with Crippen LogP contribution in [0.1, 0.15) is 18.0 Å². The first-order valence-corrected chi connectivity index (χ1v) is 4.35. The molecule has 0 aliphatic heterocycles. The highest BCUT2D eigenvalue weighted by atomic mass is 16.3. The molecule has 0 aromatic heterocycles. The first-order valence-electron chi connectivity index (χ1n) is 4.35. The number of aliphatic hydroxyl groups excluding tert-OH is 1. The minimum atomic E-state index is -0.518. The van der Waals surface area contributed by atoms with E-state index in [-0.39, 0.29) is 6.04 Å². The molecule has 0 spiro atoms. The molecule has 0 saturated carbocycles. The number of nitrogens with two attached hydrogens (primary N) is 1. The van der Waals surface area contributed by atoms with Gasteiger partial charge in [0.05, 0.1) is 6.10 Å². The predicted octanol–water partition coefficient (Wildman–Crippen LogP) is 1.62. The van der Waals surface area contributed by atoms with E-state index in [0.29, 0.717) is 6.42 Å². The van der Waals surface area contributed by atoms with Crippen LogP contribution in [0.5, 0.6) is 0 Å². The van der Waals surface area contributed by atoms with Gasteiger partial charge in [0.25, 0.3) is 0 Å². The van der Waals surface area contributed by atoms with Crippen molar-refractivity contribution in [2.24, 2.45) is 5.73 Å². The highest BCUT2D eigenvalue weighted by Gasteiger charge is 2.08. The normalized spacial score (nSPS) is 14.9. The molecule has 0 saturated heterocycles. The van der Waals surface area contributed by atoms with Crippen molar-refractivity contribution in [1.29, 1.82) is 0 Å². The van der Waals surface area contributed by atoms with Crippen molar-refractivity contribution in [2.45, 2.75) is 18.6 Å². The molecule has 0 bridgehead atoms. The Morgan fingerprint density at radius 1 is 1.38 bits per heavy atom. The molecule has 1 aromatic carbocycles. The largest absolute Gasteiger partial charge is 0.389 e. The Labute approximate surface area is 78.7 Å². The number of rotatable bonds is 4. The second-order valence-corrected chi connectivity index (χ2v) is 3.06. The van der Waals surface area contributed by atoms with E-state index in [2.05, 4.69) is 6.58 Å². The summed E-state index contributed by atoms with van der Waals surface area (Å²) in [6, 6.07) is 9.63. The summed E-state index contributed by atoms with van der Waals surface area (Å²) in [6.07, 6.45) is 1.51. The van der Waals surface area contributed by atoms with Crippen molar-refractivity contribution in [3.05, 3.63) is 48.6 Å². The van der Waals surface area contributed by atoms with Crippen LogP contribution in [-0.2, 0) is 0 Å². The van der Waals surface area contributed by atoms with Crippen LogP contribution in [-0.4, -0.2) is 11.2 Å². The molecule has 0 heterocycles. The molecule has 3 N–H and O–H groups in total. The van der Waals surface area contributed by atoms with Gasteiger partial charge in [-0.2, -0.15) is 0 Å². The number of aliphatic hydroxyl groups is 1. The van der Waals surface area contributed by atoms with Gasteiger partial charge >= 0.3 is 0 Å². The van der Waals surface area contributed by atoms with Crippen LogP contribution in [0.4, 0.5) is 0 Å². The van der Waals surface area contributed by atoms with Gasteiger partial charge in [-0.25, -0.2) is 0 Å². The zero-order valence-corrected chi connectivity index (χ0v) is 7.56. The van der Waals surface area contributed by atoms with E-state index < -0.39 is 6.10 Å². The molecule has 2 atom stereocenters. The summed E-state index contributed by atoms with van der Waals surface area (Å²) in [5.41, 5.74) is 6.91. The van der Waals surface area contributed by atoms with E-state index in [9.17, 15) is 5.11 Å². The summed E-state index contributed by atoms with van der Waals surface area (Å²) in [5, 5.41) is 9.29. The molecule has 0 radical (unpaired) electrons.